The molecule has 1 spiro atoms. The zero-order valence-corrected chi connectivity index (χ0v) is 16.0. The number of ether oxygens (including phenoxy) is 1. The molecule has 3 saturated heterocycles. The number of urea groups is 1. The van der Waals surface area contributed by atoms with Crippen molar-refractivity contribution in [1.82, 2.24) is 15.1 Å². The SMILES string of the molecule is O=C(NC1CCCN(Cc2ccccc2F)C1)N1CCC2(CCCO2)CC1. The molecule has 1 unspecified atom stereocenters. The maximum atomic E-state index is 13.9. The van der Waals surface area contributed by atoms with Gasteiger partial charge in [-0.2, -0.15) is 0 Å². The average Bonchev–Trinajstić information content (AvgIpc) is 3.12. The second-order valence-electron chi connectivity index (χ2n) is 8.24. The number of halogens is 1. The van der Waals surface area contributed by atoms with E-state index in [1.165, 1.54) is 6.07 Å². The normalized spacial score (nSPS) is 25.7. The first-order valence-corrected chi connectivity index (χ1v) is 10.3. The summed E-state index contributed by atoms with van der Waals surface area (Å²) >= 11 is 0. The number of carbonyl (C=O) groups is 1. The van der Waals surface area contributed by atoms with Gasteiger partial charge in [0.15, 0.2) is 0 Å². The van der Waals surface area contributed by atoms with Crippen LogP contribution in [0, 0.1) is 5.82 Å². The molecule has 6 heteroatoms. The Balaban J connectivity index is 1.26. The summed E-state index contributed by atoms with van der Waals surface area (Å²) in [6.45, 7) is 4.74. The van der Waals surface area contributed by atoms with E-state index in [0.29, 0.717) is 6.54 Å². The molecule has 1 atom stereocenters. The van der Waals surface area contributed by atoms with Crippen LogP contribution in [-0.4, -0.2) is 60.3 Å². The molecule has 148 valence electrons. The Morgan fingerprint density at radius 1 is 1.19 bits per heavy atom. The first kappa shape index (κ1) is 18.7. The number of hydrogen-bond acceptors (Lipinski definition) is 3. The summed E-state index contributed by atoms with van der Waals surface area (Å²) in [5, 5.41) is 3.21. The van der Waals surface area contributed by atoms with E-state index in [0.717, 1.165) is 76.9 Å². The van der Waals surface area contributed by atoms with Crippen molar-refractivity contribution in [1.29, 1.82) is 0 Å². The smallest absolute Gasteiger partial charge is 0.317 e. The van der Waals surface area contributed by atoms with Gasteiger partial charge in [0.1, 0.15) is 5.82 Å². The van der Waals surface area contributed by atoms with E-state index >= 15 is 0 Å². The average molecular weight is 375 g/mol. The van der Waals surface area contributed by atoms with Crippen LogP contribution in [-0.2, 0) is 11.3 Å². The zero-order valence-electron chi connectivity index (χ0n) is 16.0. The Hall–Kier alpha value is -1.66. The number of carbonyl (C=O) groups excluding carboxylic acids is 1. The highest BCUT2D eigenvalue weighted by molar-refractivity contribution is 5.74. The van der Waals surface area contributed by atoms with Gasteiger partial charge in [0.25, 0.3) is 0 Å². The van der Waals surface area contributed by atoms with Gasteiger partial charge in [0.05, 0.1) is 5.60 Å². The van der Waals surface area contributed by atoms with Crippen molar-refractivity contribution < 1.29 is 13.9 Å². The lowest BCUT2D eigenvalue weighted by atomic mass is 9.89. The van der Waals surface area contributed by atoms with Crippen molar-refractivity contribution in [2.45, 2.75) is 56.7 Å². The van der Waals surface area contributed by atoms with Gasteiger partial charge < -0.3 is 15.0 Å². The summed E-state index contributed by atoms with van der Waals surface area (Å²) in [4.78, 5) is 16.9. The van der Waals surface area contributed by atoms with Crippen LogP contribution < -0.4 is 5.32 Å². The fourth-order valence-electron chi connectivity index (χ4n) is 4.72. The Morgan fingerprint density at radius 2 is 2.00 bits per heavy atom. The maximum Gasteiger partial charge on any atom is 0.317 e. The lowest BCUT2D eigenvalue weighted by molar-refractivity contribution is -0.0363. The van der Waals surface area contributed by atoms with Gasteiger partial charge in [-0.1, -0.05) is 18.2 Å². The molecule has 0 saturated carbocycles. The summed E-state index contributed by atoms with van der Waals surface area (Å²) in [5.41, 5.74) is 0.764. The Kier molecular flexibility index (Phi) is 5.64. The largest absolute Gasteiger partial charge is 0.375 e. The molecule has 3 heterocycles. The molecule has 1 N–H and O–H groups in total. The lowest BCUT2D eigenvalue weighted by Crippen LogP contribution is -2.54. The third kappa shape index (κ3) is 4.43. The van der Waals surface area contributed by atoms with E-state index in [4.69, 9.17) is 4.74 Å². The van der Waals surface area contributed by atoms with E-state index in [-0.39, 0.29) is 23.5 Å². The highest BCUT2D eigenvalue weighted by Crippen LogP contribution is 2.35. The standard InChI is InChI=1S/C21H30FN3O2/c22-19-7-2-1-5-17(19)15-24-11-3-6-18(16-24)23-20(26)25-12-9-21(10-13-25)8-4-14-27-21/h1-2,5,7,18H,3-4,6,8-16H2,(H,23,26). The van der Waals surface area contributed by atoms with E-state index in [1.807, 2.05) is 17.0 Å². The van der Waals surface area contributed by atoms with Gasteiger partial charge >= 0.3 is 6.03 Å². The highest BCUT2D eigenvalue weighted by Gasteiger charge is 2.39. The van der Waals surface area contributed by atoms with Gasteiger partial charge in [-0.05, 0) is 51.1 Å². The van der Waals surface area contributed by atoms with Gasteiger partial charge in [-0.15, -0.1) is 0 Å². The van der Waals surface area contributed by atoms with Crippen molar-refractivity contribution in [3.05, 3.63) is 35.6 Å². The van der Waals surface area contributed by atoms with Gasteiger partial charge in [0, 0.05) is 44.4 Å². The fourth-order valence-corrected chi connectivity index (χ4v) is 4.72. The van der Waals surface area contributed by atoms with Crippen LogP contribution in [0.3, 0.4) is 0 Å². The second kappa shape index (κ2) is 8.15. The van der Waals surface area contributed by atoms with Crippen LogP contribution in [0.2, 0.25) is 0 Å². The summed E-state index contributed by atoms with van der Waals surface area (Å²) < 4.78 is 19.9. The van der Waals surface area contributed by atoms with Crippen molar-refractivity contribution >= 4 is 6.03 Å². The first-order valence-electron chi connectivity index (χ1n) is 10.3. The molecular weight excluding hydrogens is 345 g/mol. The Morgan fingerprint density at radius 3 is 2.74 bits per heavy atom. The highest BCUT2D eigenvalue weighted by atomic mass is 19.1. The first-order chi connectivity index (χ1) is 13.1. The van der Waals surface area contributed by atoms with Crippen molar-refractivity contribution in [3.63, 3.8) is 0 Å². The number of amides is 2. The van der Waals surface area contributed by atoms with Crippen molar-refractivity contribution in [2.24, 2.45) is 0 Å². The van der Waals surface area contributed by atoms with E-state index < -0.39 is 0 Å². The van der Waals surface area contributed by atoms with Crippen molar-refractivity contribution in [2.75, 3.05) is 32.8 Å². The number of likely N-dealkylation sites (tertiary alicyclic amines) is 2. The molecule has 2 amide bonds. The summed E-state index contributed by atoms with van der Waals surface area (Å²) in [6, 6.07) is 7.12. The number of rotatable bonds is 3. The van der Waals surface area contributed by atoms with Crippen LogP contribution >= 0.6 is 0 Å². The minimum Gasteiger partial charge on any atom is -0.375 e. The second-order valence-corrected chi connectivity index (χ2v) is 8.24. The molecule has 3 fully saturated rings. The zero-order chi connectivity index (χ0) is 18.7. The van der Waals surface area contributed by atoms with E-state index in [9.17, 15) is 9.18 Å². The number of hydrogen-bond donors (Lipinski definition) is 1. The third-order valence-electron chi connectivity index (χ3n) is 6.33. The van der Waals surface area contributed by atoms with Crippen LogP contribution in [0.1, 0.15) is 44.1 Å². The van der Waals surface area contributed by atoms with Crippen LogP contribution in [0.5, 0.6) is 0 Å². The van der Waals surface area contributed by atoms with Gasteiger partial charge in [-0.3, -0.25) is 4.90 Å². The van der Waals surface area contributed by atoms with Crippen LogP contribution in [0.15, 0.2) is 24.3 Å². The van der Waals surface area contributed by atoms with E-state index in [1.54, 1.807) is 6.07 Å². The number of nitrogens with zero attached hydrogens (tertiary/aromatic N) is 2. The van der Waals surface area contributed by atoms with Crippen LogP contribution in [0.4, 0.5) is 9.18 Å². The predicted molar refractivity (Wildman–Crippen MR) is 102 cm³/mol. The molecule has 4 rings (SSSR count). The Labute approximate surface area is 160 Å². The quantitative estimate of drug-likeness (QED) is 0.883. The molecule has 3 aliphatic heterocycles. The molecular formula is C21H30FN3O2. The summed E-state index contributed by atoms with van der Waals surface area (Å²) in [7, 11) is 0. The van der Waals surface area contributed by atoms with Gasteiger partial charge in [0.2, 0.25) is 0 Å². The fraction of sp³-hybridized carbons (Fsp3) is 0.667. The van der Waals surface area contributed by atoms with Gasteiger partial charge in [-0.25, -0.2) is 9.18 Å². The lowest BCUT2D eigenvalue weighted by Gasteiger charge is -2.40. The predicted octanol–water partition coefficient (Wildman–Crippen LogP) is 3.14. The van der Waals surface area contributed by atoms with Crippen molar-refractivity contribution in [3.8, 4) is 0 Å². The maximum absolute atomic E-state index is 13.9. The number of nitrogens with one attached hydrogen (secondary N) is 1. The molecule has 1 aromatic rings. The van der Waals surface area contributed by atoms with E-state index in [2.05, 4.69) is 10.2 Å². The molecule has 27 heavy (non-hydrogen) atoms. The monoisotopic (exact) mass is 375 g/mol. The molecule has 1 aromatic carbocycles. The minimum atomic E-state index is -0.153. The third-order valence-corrected chi connectivity index (χ3v) is 6.33. The molecule has 5 nitrogen and oxygen atoms in total. The minimum absolute atomic E-state index is 0.0399. The summed E-state index contributed by atoms with van der Waals surface area (Å²) in [6.07, 6.45) is 6.19. The number of benzene rings is 1. The Bertz CT molecular complexity index is 653. The molecule has 0 radical (unpaired) electrons. The molecule has 3 aliphatic rings. The summed E-state index contributed by atoms with van der Waals surface area (Å²) in [5.74, 6) is -0.153. The number of piperidine rings is 2. The molecule has 0 aromatic heterocycles. The molecule has 0 aliphatic carbocycles. The molecule has 0 bridgehead atoms. The topological polar surface area (TPSA) is 44.8 Å². The van der Waals surface area contributed by atoms with Crippen LogP contribution in [0.25, 0.3) is 0 Å².